The van der Waals surface area contributed by atoms with E-state index in [0.717, 1.165) is 6.07 Å². The molecule has 0 amide bonds. The van der Waals surface area contributed by atoms with Gasteiger partial charge in [-0.3, -0.25) is 0 Å². The second kappa shape index (κ2) is 4.76. The predicted molar refractivity (Wildman–Crippen MR) is 61.1 cm³/mol. The molecule has 1 aromatic rings. The Morgan fingerprint density at radius 2 is 2.12 bits per heavy atom. The van der Waals surface area contributed by atoms with Crippen LogP contribution in [0.3, 0.4) is 0 Å². The Morgan fingerprint density at radius 1 is 1.50 bits per heavy atom. The Bertz CT molecular complexity index is 509. The third-order valence-corrected chi connectivity index (χ3v) is 3.55. The van der Waals surface area contributed by atoms with Gasteiger partial charge in [0.25, 0.3) is 0 Å². The molecule has 88 valence electrons. The molecule has 0 unspecified atom stereocenters. The highest BCUT2D eigenvalue weighted by molar-refractivity contribution is 7.89. The van der Waals surface area contributed by atoms with E-state index in [1.54, 1.807) is 13.8 Å². The number of sulfonamides is 1. The van der Waals surface area contributed by atoms with Crippen LogP contribution < -0.4 is 4.72 Å². The van der Waals surface area contributed by atoms with Crippen LogP contribution in [0.4, 0.5) is 4.39 Å². The summed E-state index contributed by atoms with van der Waals surface area (Å²) in [5, 5.41) is 0. The number of aryl methyl sites for hydroxylation is 1. The van der Waals surface area contributed by atoms with Crippen LogP contribution in [-0.2, 0) is 10.0 Å². The van der Waals surface area contributed by atoms with Crippen molar-refractivity contribution >= 4 is 10.0 Å². The van der Waals surface area contributed by atoms with Gasteiger partial charge in [0.2, 0.25) is 10.0 Å². The summed E-state index contributed by atoms with van der Waals surface area (Å²) in [6.45, 7) is 7.06. The van der Waals surface area contributed by atoms with Gasteiger partial charge in [-0.25, -0.2) is 17.5 Å². The zero-order valence-corrected chi connectivity index (χ0v) is 10.1. The maximum Gasteiger partial charge on any atom is 0.241 e. The van der Waals surface area contributed by atoms with Gasteiger partial charge in [-0.15, -0.1) is 0 Å². The van der Waals surface area contributed by atoms with Crippen LogP contribution in [0.2, 0.25) is 0 Å². The van der Waals surface area contributed by atoms with Crippen molar-refractivity contribution in [2.45, 2.75) is 18.7 Å². The van der Waals surface area contributed by atoms with Gasteiger partial charge in [-0.05, 0) is 37.6 Å². The summed E-state index contributed by atoms with van der Waals surface area (Å²) < 4.78 is 38.8. The zero-order chi connectivity index (χ0) is 12.3. The molecule has 16 heavy (non-hydrogen) atoms. The highest BCUT2D eigenvalue weighted by Crippen LogP contribution is 2.15. The molecule has 0 spiro atoms. The summed E-state index contributed by atoms with van der Waals surface area (Å²) in [6, 6.07) is 3.57. The van der Waals surface area contributed by atoms with E-state index < -0.39 is 15.8 Å². The number of hydrogen-bond acceptors (Lipinski definition) is 2. The van der Waals surface area contributed by atoms with Crippen LogP contribution in [0, 0.1) is 12.7 Å². The van der Waals surface area contributed by atoms with Crippen LogP contribution >= 0.6 is 0 Å². The monoisotopic (exact) mass is 243 g/mol. The Kier molecular flexibility index (Phi) is 3.83. The first kappa shape index (κ1) is 12.9. The molecule has 0 aliphatic carbocycles. The predicted octanol–water partition coefficient (Wildman–Crippen LogP) is 1.99. The molecule has 0 aromatic heterocycles. The highest BCUT2D eigenvalue weighted by atomic mass is 32.2. The smallest absolute Gasteiger partial charge is 0.207 e. The quantitative estimate of drug-likeness (QED) is 0.822. The van der Waals surface area contributed by atoms with E-state index in [-0.39, 0.29) is 11.4 Å². The Hall–Kier alpha value is -1.20. The molecule has 0 saturated carbocycles. The summed E-state index contributed by atoms with van der Waals surface area (Å²) in [4.78, 5) is 0.0927. The SMILES string of the molecule is C=C(C)CNS(=O)(=O)c1ccc(F)cc1C. The normalized spacial score (nSPS) is 11.4. The molecule has 0 radical (unpaired) electrons. The third-order valence-electron chi connectivity index (χ3n) is 1.99. The molecular weight excluding hydrogens is 229 g/mol. The first-order chi connectivity index (χ1) is 7.33. The molecule has 1 rings (SSSR count). The number of halogens is 1. The van der Waals surface area contributed by atoms with Crippen molar-refractivity contribution in [3.05, 3.63) is 41.7 Å². The fourth-order valence-electron chi connectivity index (χ4n) is 1.21. The molecule has 1 aromatic carbocycles. The average Bonchev–Trinajstić information content (AvgIpc) is 2.14. The maximum atomic E-state index is 12.8. The average molecular weight is 243 g/mol. The van der Waals surface area contributed by atoms with Crippen molar-refractivity contribution in [2.75, 3.05) is 6.54 Å². The molecule has 1 N–H and O–H groups in total. The van der Waals surface area contributed by atoms with Crippen LogP contribution in [-0.4, -0.2) is 15.0 Å². The first-order valence-corrected chi connectivity index (χ1v) is 6.21. The van der Waals surface area contributed by atoms with Crippen molar-refractivity contribution in [1.82, 2.24) is 4.72 Å². The summed E-state index contributed by atoms with van der Waals surface area (Å²) >= 11 is 0. The minimum Gasteiger partial charge on any atom is -0.207 e. The lowest BCUT2D eigenvalue weighted by atomic mass is 10.2. The van der Waals surface area contributed by atoms with Gasteiger partial charge in [-0.2, -0.15) is 0 Å². The van der Waals surface area contributed by atoms with Gasteiger partial charge in [0.1, 0.15) is 5.82 Å². The van der Waals surface area contributed by atoms with Crippen LogP contribution in [0.1, 0.15) is 12.5 Å². The van der Waals surface area contributed by atoms with E-state index in [1.165, 1.54) is 12.1 Å². The maximum absolute atomic E-state index is 12.8. The zero-order valence-electron chi connectivity index (χ0n) is 9.25. The fraction of sp³-hybridized carbons (Fsp3) is 0.273. The highest BCUT2D eigenvalue weighted by Gasteiger charge is 2.16. The van der Waals surface area contributed by atoms with Gasteiger partial charge >= 0.3 is 0 Å². The van der Waals surface area contributed by atoms with E-state index in [2.05, 4.69) is 11.3 Å². The molecular formula is C11H14FNO2S. The van der Waals surface area contributed by atoms with Crippen LogP contribution in [0.15, 0.2) is 35.2 Å². The lowest BCUT2D eigenvalue weighted by Crippen LogP contribution is -2.25. The van der Waals surface area contributed by atoms with Crippen molar-refractivity contribution in [2.24, 2.45) is 0 Å². The Balaban J connectivity index is 3.03. The topological polar surface area (TPSA) is 46.2 Å². The minimum absolute atomic E-state index is 0.0927. The molecule has 0 fully saturated rings. The van der Waals surface area contributed by atoms with Gasteiger partial charge in [0.15, 0.2) is 0 Å². The van der Waals surface area contributed by atoms with Gasteiger partial charge in [0.05, 0.1) is 4.90 Å². The summed E-state index contributed by atoms with van der Waals surface area (Å²) in [5.41, 5.74) is 1.09. The first-order valence-electron chi connectivity index (χ1n) is 4.73. The lowest BCUT2D eigenvalue weighted by Gasteiger charge is -2.08. The van der Waals surface area contributed by atoms with E-state index in [1.807, 2.05) is 0 Å². The van der Waals surface area contributed by atoms with Crippen LogP contribution in [0.25, 0.3) is 0 Å². The molecule has 0 aliphatic rings. The largest absolute Gasteiger partial charge is 0.241 e. The fourth-order valence-corrected chi connectivity index (χ4v) is 2.53. The molecule has 0 aliphatic heterocycles. The summed E-state index contributed by atoms with van der Waals surface area (Å²) in [6.07, 6.45) is 0. The molecule has 0 heterocycles. The minimum atomic E-state index is -3.58. The molecule has 0 bridgehead atoms. The third kappa shape index (κ3) is 3.15. The van der Waals surface area contributed by atoms with Gasteiger partial charge < -0.3 is 0 Å². The number of nitrogens with one attached hydrogen (secondary N) is 1. The lowest BCUT2D eigenvalue weighted by molar-refractivity contribution is 0.582. The second-order valence-corrected chi connectivity index (χ2v) is 5.43. The number of benzene rings is 1. The summed E-state index contributed by atoms with van der Waals surface area (Å²) in [7, 11) is -3.58. The van der Waals surface area contributed by atoms with Crippen molar-refractivity contribution in [1.29, 1.82) is 0 Å². The van der Waals surface area contributed by atoms with E-state index in [0.29, 0.717) is 11.1 Å². The summed E-state index contributed by atoms with van der Waals surface area (Å²) in [5.74, 6) is -0.448. The molecule has 5 heteroatoms. The molecule has 0 saturated heterocycles. The Morgan fingerprint density at radius 3 is 2.62 bits per heavy atom. The van der Waals surface area contributed by atoms with E-state index in [9.17, 15) is 12.8 Å². The molecule has 3 nitrogen and oxygen atoms in total. The van der Waals surface area contributed by atoms with Crippen molar-refractivity contribution in [3.63, 3.8) is 0 Å². The van der Waals surface area contributed by atoms with Crippen LogP contribution in [0.5, 0.6) is 0 Å². The van der Waals surface area contributed by atoms with E-state index >= 15 is 0 Å². The number of rotatable bonds is 4. The van der Waals surface area contributed by atoms with Gasteiger partial charge in [-0.1, -0.05) is 12.2 Å². The number of hydrogen-bond donors (Lipinski definition) is 1. The van der Waals surface area contributed by atoms with E-state index in [4.69, 9.17) is 0 Å². The second-order valence-electron chi connectivity index (χ2n) is 3.69. The van der Waals surface area contributed by atoms with Crippen molar-refractivity contribution in [3.8, 4) is 0 Å². The van der Waals surface area contributed by atoms with Gasteiger partial charge in [0, 0.05) is 6.54 Å². The standard InChI is InChI=1S/C11H14FNO2S/c1-8(2)7-13-16(14,15)11-5-4-10(12)6-9(11)3/h4-6,13H,1,7H2,2-3H3. The Labute approximate surface area is 95.0 Å². The van der Waals surface area contributed by atoms with Crippen molar-refractivity contribution < 1.29 is 12.8 Å². The molecule has 0 atom stereocenters.